The molecule has 1 heterocycles. The minimum Gasteiger partial charge on any atom is -0.497 e. The molecule has 0 saturated carbocycles. The molecule has 0 bridgehead atoms. The van der Waals surface area contributed by atoms with Gasteiger partial charge in [-0.3, -0.25) is 24.1 Å². The number of nitrogens with one attached hydrogen (secondary N) is 3. The molecule has 0 aromatic heterocycles. The first kappa shape index (κ1) is 34.2. The van der Waals surface area contributed by atoms with Crippen LogP contribution in [0.5, 0.6) is 5.75 Å². The van der Waals surface area contributed by atoms with Gasteiger partial charge in [-0.2, -0.15) is 0 Å². The third-order valence-electron chi connectivity index (χ3n) is 7.82. The predicted molar refractivity (Wildman–Crippen MR) is 161 cm³/mol. The highest BCUT2D eigenvalue weighted by molar-refractivity contribution is 7.91. The third kappa shape index (κ3) is 10.7. The predicted octanol–water partition coefficient (Wildman–Crippen LogP) is 0.547. The van der Waals surface area contributed by atoms with E-state index in [0.717, 1.165) is 30.4 Å². The zero-order valence-electron chi connectivity index (χ0n) is 25.4. The van der Waals surface area contributed by atoms with Crippen molar-refractivity contribution in [3.05, 3.63) is 41.5 Å². The SMILES string of the molecule is COc1ccc(CC(NC(=O)C(C)NC(=O)CN2CCS(=O)(=O)CC2)C(=O)NC(CC2=CCCC2)C(=O)C(C)OC)cc1. The minimum atomic E-state index is -3.08. The van der Waals surface area contributed by atoms with Gasteiger partial charge in [0.1, 0.15) is 23.9 Å². The quantitative estimate of drug-likeness (QED) is 0.238. The molecule has 3 amide bonds. The van der Waals surface area contributed by atoms with E-state index in [1.165, 1.54) is 14.0 Å². The summed E-state index contributed by atoms with van der Waals surface area (Å²) < 4.78 is 33.8. The van der Waals surface area contributed by atoms with Crippen LogP contribution < -0.4 is 20.7 Å². The second-order valence-electron chi connectivity index (χ2n) is 11.1. The van der Waals surface area contributed by atoms with Crippen molar-refractivity contribution in [2.45, 2.75) is 70.2 Å². The van der Waals surface area contributed by atoms with Gasteiger partial charge in [0.05, 0.1) is 31.2 Å². The van der Waals surface area contributed by atoms with Crippen molar-refractivity contribution in [3.63, 3.8) is 0 Å². The summed E-state index contributed by atoms with van der Waals surface area (Å²) in [5.74, 6) is -1.18. The number of methoxy groups -OCH3 is 2. The van der Waals surface area contributed by atoms with Crippen LogP contribution in [-0.2, 0) is 40.2 Å². The first-order valence-electron chi connectivity index (χ1n) is 14.6. The van der Waals surface area contributed by atoms with E-state index in [2.05, 4.69) is 22.0 Å². The molecule has 4 unspecified atom stereocenters. The van der Waals surface area contributed by atoms with Crippen LogP contribution in [0.15, 0.2) is 35.9 Å². The normalized spacial score (nSPS) is 19.3. The maximum Gasteiger partial charge on any atom is 0.243 e. The Hall–Kier alpha value is -3.29. The summed E-state index contributed by atoms with van der Waals surface area (Å²) in [6, 6.07) is 4.23. The Morgan fingerprint density at radius 1 is 0.907 bits per heavy atom. The lowest BCUT2D eigenvalue weighted by atomic mass is 9.98. The number of benzene rings is 1. The van der Waals surface area contributed by atoms with Crippen molar-refractivity contribution >= 4 is 33.3 Å². The lowest BCUT2D eigenvalue weighted by Gasteiger charge is -2.27. The summed E-state index contributed by atoms with van der Waals surface area (Å²) in [5.41, 5.74) is 1.85. The summed E-state index contributed by atoms with van der Waals surface area (Å²) in [5, 5.41) is 8.24. The number of allylic oxidation sites excluding steroid dienone is 1. The number of ketones is 1. The fourth-order valence-electron chi connectivity index (χ4n) is 5.05. The molecule has 0 spiro atoms. The van der Waals surface area contributed by atoms with Crippen molar-refractivity contribution in [1.29, 1.82) is 0 Å². The first-order chi connectivity index (χ1) is 20.4. The number of carbonyl (C=O) groups excluding carboxylic acids is 4. The van der Waals surface area contributed by atoms with Gasteiger partial charge in [-0.15, -0.1) is 0 Å². The number of amides is 3. The number of hydrogen-bond acceptors (Lipinski definition) is 9. The summed E-state index contributed by atoms with van der Waals surface area (Å²) in [4.78, 5) is 54.3. The fourth-order valence-corrected chi connectivity index (χ4v) is 6.32. The molecule has 3 N–H and O–H groups in total. The van der Waals surface area contributed by atoms with Crippen LogP contribution in [-0.4, -0.2) is 106 Å². The van der Waals surface area contributed by atoms with E-state index in [-0.39, 0.29) is 43.3 Å². The van der Waals surface area contributed by atoms with Crippen molar-refractivity contribution < 1.29 is 37.1 Å². The maximum atomic E-state index is 13.7. The summed E-state index contributed by atoms with van der Waals surface area (Å²) in [6.07, 6.45) is 4.66. The highest BCUT2D eigenvalue weighted by Crippen LogP contribution is 2.23. The van der Waals surface area contributed by atoms with Gasteiger partial charge in [0.15, 0.2) is 15.6 Å². The van der Waals surface area contributed by atoms with Gasteiger partial charge in [-0.25, -0.2) is 8.42 Å². The van der Waals surface area contributed by atoms with E-state index in [1.54, 1.807) is 43.2 Å². The smallest absolute Gasteiger partial charge is 0.243 e. The average Bonchev–Trinajstić information content (AvgIpc) is 3.50. The van der Waals surface area contributed by atoms with Crippen LogP contribution in [0, 0.1) is 0 Å². The molecule has 13 heteroatoms. The molecule has 1 aliphatic heterocycles. The number of rotatable bonds is 15. The number of ether oxygens (including phenoxy) is 2. The highest BCUT2D eigenvalue weighted by Gasteiger charge is 2.32. The van der Waals surface area contributed by atoms with E-state index < -0.39 is 51.8 Å². The Morgan fingerprint density at radius 2 is 1.56 bits per heavy atom. The second kappa shape index (κ2) is 16.0. The second-order valence-corrected chi connectivity index (χ2v) is 13.4. The molecule has 1 aliphatic carbocycles. The van der Waals surface area contributed by atoms with E-state index in [4.69, 9.17) is 9.47 Å². The van der Waals surface area contributed by atoms with Gasteiger partial charge in [0, 0.05) is 26.6 Å². The van der Waals surface area contributed by atoms with Gasteiger partial charge >= 0.3 is 0 Å². The number of Topliss-reactive ketones (excluding diaryl/α,β-unsaturated/α-hetero) is 1. The standard InChI is InChI=1S/C30H44N4O8S/c1-20(31-27(35)19-34-13-15-43(39,40)16-14-34)29(37)33-26(18-23-9-11-24(42-4)12-10-23)30(38)32-25(28(36)21(2)41-3)17-22-7-5-6-8-22/h7,9-12,20-21,25-26H,5-6,8,13-19H2,1-4H3,(H,31,35)(H,32,38)(H,33,37). The number of hydrogen-bond donors (Lipinski definition) is 3. The number of sulfone groups is 1. The lowest BCUT2D eigenvalue weighted by Crippen LogP contribution is -2.57. The summed E-state index contributed by atoms with van der Waals surface area (Å²) in [6.45, 7) is 3.60. The van der Waals surface area contributed by atoms with Gasteiger partial charge in [-0.1, -0.05) is 23.8 Å². The third-order valence-corrected chi connectivity index (χ3v) is 9.43. The van der Waals surface area contributed by atoms with Crippen molar-refractivity contribution in [2.75, 3.05) is 45.4 Å². The van der Waals surface area contributed by atoms with Gasteiger partial charge in [0.25, 0.3) is 0 Å². The molecule has 2 aliphatic rings. The largest absolute Gasteiger partial charge is 0.497 e. The molecule has 4 atom stereocenters. The molecule has 3 rings (SSSR count). The molecule has 43 heavy (non-hydrogen) atoms. The molecule has 0 radical (unpaired) electrons. The summed E-state index contributed by atoms with van der Waals surface area (Å²) in [7, 11) is -0.0964. The van der Waals surface area contributed by atoms with Crippen LogP contribution in [0.25, 0.3) is 0 Å². The van der Waals surface area contributed by atoms with Crippen LogP contribution in [0.2, 0.25) is 0 Å². The lowest BCUT2D eigenvalue weighted by molar-refractivity contribution is -0.135. The molecule has 238 valence electrons. The minimum absolute atomic E-state index is 0.0115. The van der Waals surface area contributed by atoms with Gasteiger partial charge < -0.3 is 25.4 Å². The number of nitrogens with zero attached hydrogens (tertiary/aromatic N) is 1. The van der Waals surface area contributed by atoms with Crippen LogP contribution >= 0.6 is 0 Å². The topological polar surface area (TPSA) is 160 Å². The molecule has 1 fully saturated rings. The first-order valence-corrected chi connectivity index (χ1v) is 16.4. The summed E-state index contributed by atoms with van der Waals surface area (Å²) >= 11 is 0. The maximum absolute atomic E-state index is 13.7. The highest BCUT2D eigenvalue weighted by atomic mass is 32.2. The Kier molecular flexibility index (Phi) is 12.7. The van der Waals surface area contributed by atoms with Crippen LogP contribution in [0.3, 0.4) is 0 Å². The van der Waals surface area contributed by atoms with Crippen molar-refractivity contribution in [2.24, 2.45) is 0 Å². The molecule has 1 aromatic carbocycles. The monoisotopic (exact) mass is 620 g/mol. The Bertz CT molecular complexity index is 1270. The van der Waals surface area contributed by atoms with Crippen LogP contribution in [0.4, 0.5) is 0 Å². The average molecular weight is 621 g/mol. The Labute approximate surface area is 253 Å². The molecule has 12 nitrogen and oxygen atoms in total. The Morgan fingerprint density at radius 3 is 2.14 bits per heavy atom. The van der Waals surface area contributed by atoms with Crippen molar-refractivity contribution in [1.82, 2.24) is 20.9 Å². The van der Waals surface area contributed by atoms with Gasteiger partial charge in [0.2, 0.25) is 17.7 Å². The molecule has 1 aromatic rings. The molecular formula is C30H44N4O8S. The molecular weight excluding hydrogens is 576 g/mol. The number of carbonyl (C=O) groups is 4. The van der Waals surface area contributed by atoms with E-state index in [1.807, 2.05) is 0 Å². The Balaban J connectivity index is 1.70. The van der Waals surface area contributed by atoms with Crippen molar-refractivity contribution in [3.8, 4) is 5.75 Å². The van der Waals surface area contributed by atoms with Crippen LogP contribution in [0.1, 0.15) is 45.1 Å². The van der Waals surface area contributed by atoms with E-state index in [0.29, 0.717) is 12.2 Å². The zero-order chi connectivity index (χ0) is 31.6. The molecule has 1 saturated heterocycles. The van der Waals surface area contributed by atoms with Gasteiger partial charge in [-0.05, 0) is 57.2 Å². The van der Waals surface area contributed by atoms with E-state index in [9.17, 15) is 27.6 Å². The van der Waals surface area contributed by atoms with E-state index >= 15 is 0 Å². The zero-order valence-corrected chi connectivity index (χ0v) is 26.2. The fraction of sp³-hybridized carbons (Fsp3) is 0.600.